The Morgan fingerprint density at radius 1 is 1.04 bits per heavy atom. The van der Waals surface area contributed by atoms with Crippen LogP contribution in [0.3, 0.4) is 0 Å². The predicted molar refractivity (Wildman–Crippen MR) is 161 cm³/mol. The molecule has 0 aliphatic carbocycles. The Morgan fingerprint density at radius 3 is 2.44 bits per heavy atom. The molecular weight excluding hydrogens is 583 g/mol. The third kappa shape index (κ3) is 5.10. The highest BCUT2D eigenvalue weighted by molar-refractivity contribution is 6.08. The summed E-state index contributed by atoms with van der Waals surface area (Å²) in [7, 11) is 1.45. The van der Waals surface area contributed by atoms with Gasteiger partial charge in [-0.2, -0.15) is 5.26 Å². The molecule has 3 amide bonds. The summed E-state index contributed by atoms with van der Waals surface area (Å²) < 4.78 is 41.7. The smallest absolute Gasteiger partial charge is 0.270 e. The summed E-state index contributed by atoms with van der Waals surface area (Å²) in [5.41, 5.74) is 1.59. The molecule has 1 aromatic heterocycles. The molecule has 2 aliphatic heterocycles. The van der Waals surface area contributed by atoms with E-state index < -0.39 is 40.9 Å². The Kier molecular flexibility index (Phi) is 7.39. The van der Waals surface area contributed by atoms with Crippen LogP contribution in [0.15, 0.2) is 60.7 Å². The number of nitrogens with zero attached hydrogens (tertiary/aromatic N) is 3. The average molecular weight is 614 g/mol. The van der Waals surface area contributed by atoms with E-state index in [-0.39, 0.29) is 53.6 Å². The van der Waals surface area contributed by atoms with Gasteiger partial charge in [-0.25, -0.2) is 13.2 Å². The molecule has 0 unspecified atom stereocenters. The van der Waals surface area contributed by atoms with Crippen LogP contribution < -0.4 is 5.32 Å². The lowest BCUT2D eigenvalue weighted by atomic mass is 9.79. The van der Waals surface area contributed by atoms with Crippen LogP contribution >= 0.6 is 0 Å². The topological polar surface area (TPSA) is 109 Å². The van der Waals surface area contributed by atoms with E-state index in [0.29, 0.717) is 11.3 Å². The Labute approximate surface area is 257 Å². The Balaban J connectivity index is 1.32. The molecule has 4 aromatic rings. The second kappa shape index (κ2) is 11.1. The van der Waals surface area contributed by atoms with Gasteiger partial charge in [0.05, 0.1) is 17.0 Å². The lowest BCUT2D eigenvalue weighted by molar-refractivity contribution is -0.136. The molecule has 8 nitrogen and oxygen atoms in total. The lowest BCUT2D eigenvalue weighted by Gasteiger charge is -2.33. The Bertz CT molecular complexity index is 1900. The first kappa shape index (κ1) is 29.9. The summed E-state index contributed by atoms with van der Waals surface area (Å²) in [5.74, 6) is -3.46. The third-order valence-electron chi connectivity index (χ3n) is 8.84. The molecule has 2 aliphatic rings. The van der Waals surface area contributed by atoms with Gasteiger partial charge in [0.25, 0.3) is 5.91 Å². The normalized spacial score (nSPS) is 19.6. The summed E-state index contributed by atoms with van der Waals surface area (Å²) in [6.45, 7) is 3.71. The minimum Gasteiger partial charge on any atom is -0.350 e. The van der Waals surface area contributed by atoms with Crippen molar-refractivity contribution in [2.45, 2.75) is 44.2 Å². The highest BCUT2D eigenvalue weighted by atomic mass is 19.1. The zero-order valence-corrected chi connectivity index (χ0v) is 24.8. The minimum atomic E-state index is -1.20. The molecule has 3 heterocycles. The van der Waals surface area contributed by atoms with Crippen LogP contribution in [-0.2, 0) is 15.0 Å². The zero-order chi connectivity index (χ0) is 32.2. The third-order valence-corrected chi connectivity index (χ3v) is 8.84. The van der Waals surface area contributed by atoms with Crippen LogP contribution in [0.2, 0.25) is 0 Å². The van der Waals surface area contributed by atoms with E-state index >= 15 is 0 Å². The molecule has 11 heteroatoms. The van der Waals surface area contributed by atoms with Gasteiger partial charge in [-0.05, 0) is 65.4 Å². The number of H-pyrrole nitrogens is 1. The van der Waals surface area contributed by atoms with Crippen molar-refractivity contribution in [2.75, 3.05) is 18.9 Å². The number of aromatic amines is 1. The number of likely N-dealkylation sites (tertiary alicyclic amines) is 1. The van der Waals surface area contributed by atoms with Crippen LogP contribution in [0, 0.1) is 34.7 Å². The highest BCUT2D eigenvalue weighted by Gasteiger charge is 2.57. The van der Waals surface area contributed by atoms with E-state index in [1.807, 2.05) is 26.0 Å². The molecule has 0 bridgehead atoms. The molecule has 1 fully saturated rings. The summed E-state index contributed by atoms with van der Waals surface area (Å²) in [6.07, 6.45) is 0.309. The minimum absolute atomic E-state index is 0.0225. The van der Waals surface area contributed by atoms with Crippen LogP contribution in [0.5, 0.6) is 0 Å². The van der Waals surface area contributed by atoms with Gasteiger partial charge < -0.3 is 20.1 Å². The van der Waals surface area contributed by atoms with E-state index in [4.69, 9.17) is 0 Å². The van der Waals surface area contributed by atoms with Crippen molar-refractivity contribution in [3.05, 3.63) is 89.4 Å². The highest BCUT2D eigenvalue weighted by Crippen LogP contribution is 2.48. The molecule has 3 aromatic carbocycles. The van der Waals surface area contributed by atoms with Gasteiger partial charge in [0.15, 0.2) is 0 Å². The van der Waals surface area contributed by atoms with Crippen molar-refractivity contribution in [2.24, 2.45) is 5.92 Å². The second-order valence-corrected chi connectivity index (χ2v) is 12.2. The van der Waals surface area contributed by atoms with Gasteiger partial charge in [0, 0.05) is 37.2 Å². The number of benzene rings is 3. The first-order valence-electron chi connectivity index (χ1n) is 14.6. The average Bonchev–Trinajstić information content (AvgIpc) is 3.69. The van der Waals surface area contributed by atoms with Crippen LogP contribution in [-0.4, -0.2) is 58.2 Å². The number of halogens is 3. The summed E-state index contributed by atoms with van der Waals surface area (Å²) >= 11 is 0. The van der Waals surface area contributed by atoms with E-state index in [1.54, 1.807) is 18.2 Å². The molecule has 0 radical (unpaired) electrons. The van der Waals surface area contributed by atoms with Gasteiger partial charge in [0.2, 0.25) is 11.8 Å². The van der Waals surface area contributed by atoms with Crippen LogP contribution in [0.4, 0.5) is 18.9 Å². The van der Waals surface area contributed by atoms with Crippen molar-refractivity contribution in [1.82, 2.24) is 14.8 Å². The number of hydrogen-bond acceptors (Lipinski definition) is 4. The van der Waals surface area contributed by atoms with E-state index in [1.165, 1.54) is 35.0 Å². The number of nitrogens with one attached hydrogen (secondary N) is 2. The fourth-order valence-corrected chi connectivity index (χ4v) is 6.52. The first-order chi connectivity index (χ1) is 21.4. The number of anilines is 1. The molecule has 3 atom stereocenters. The van der Waals surface area contributed by atoms with Crippen LogP contribution in [0.1, 0.15) is 42.7 Å². The fourth-order valence-electron chi connectivity index (χ4n) is 6.52. The standard InChI is InChI=1S/C34H30F3N5O3/c1-18(2)10-30(41(3)31(43)29-14-24-26(37)12-22(36)13-28(24)39-29)32(44)42-17-34(15-23(42)16-38)25-11-20(6-9-27(25)40-33(34)45)19-4-7-21(35)8-5-19/h4-9,11-14,18,23,30,39H,10,15,17H2,1-3H3,(H,40,45)/t23-,30-,34-/m0/s1. The summed E-state index contributed by atoms with van der Waals surface area (Å²) in [5, 5.41) is 13.1. The van der Waals surface area contributed by atoms with Gasteiger partial charge in [-0.3, -0.25) is 14.4 Å². The van der Waals surface area contributed by atoms with E-state index in [9.17, 15) is 32.8 Å². The Morgan fingerprint density at radius 2 is 1.76 bits per heavy atom. The quantitative estimate of drug-likeness (QED) is 0.289. The molecule has 2 N–H and O–H groups in total. The van der Waals surface area contributed by atoms with Crippen molar-refractivity contribution < 1.29 is 27.6 Å². The van der Waals surface area contributed by atoms with Gasteiger partial charge in [0.1, 0.15) is 35.2 Å². The number of carbonyl (C=O) groups excluding carboxylic acids is 3. The van der Waals surface area contributed by atoms with Crippen LogP contribution in [0.25, 0.3) is 22.0 Å². The molecule has 1 saturated heterocycles. The maximum atomic E-state index is 14.4. The van der Waals surface area contributed by atoms with Crippen molar-refractivity contribution in [1.29, 1.82) is 5.26 Å². The number of likely N-dealkylation sites (N-methyl/N-ethyl adjacent to an activating group) is 1. The molecule has 230 valence electrons. The van der Waals surface area contributed by atoms with Crippen molar-refractivity contribution in [3.63, 3.8) is 0 Å². The van der Waals surface area contributed by atoms with Gasteiger partial charge >= 0.3 is 0 Å². The number of rotatable bonds is 6. The number of carbonyl (C=O) groups is 3. The maximum Gasteiger partial charge on any atom is 0.270 e. The van der Waals surface area contributed by atoms with Crippen molar-refractivity contribution in [3.8, 4) is 17.2 Å². The van der Waals surface area contributed by atoms with Crippen molar-refractivity contribution >= 4 is 34.3 Å². The number of hydrogen-bond donors (Lipinski definition) is 2. The lowest BCUT2D eigenvalue weighted by Crippen LogP contribution is -2.52. The number of fused-ring (bicyclic) bond motifs is 3. The molecule has 1 spiro atoms. The monoisotopic (exact) mass is 613 g/mol. The molecule has 45 heavy (non-hydrogen) atoms. The molecular formula is C34H30F3N5O3. The van der Waals surface area contributed by atoms with E-state index in [2.05, 4.69) is 16.4 Å². The van der Waals surface area contributed by atoms with E-state index in [0.717, 1.165) is 23.3 Å². The largest absolute Gasteiger partial charge is 0.350 e. The summed E-state index contributed by atoms with van der Waals surface area (Å²) in [6, 6.07) is 14.7. The number of aromatic nitrogens is 1. The summed E-state index contributed by atoms with van der Waals surface area (Å²) in [4.78, 5) is 46.8. The first-order valence-corrected chi connectivity index (χ1v) is 14.6. The van der Waals surface area contributed by atoms with Gasteiger partial charge in [-0.15, -0.1) is 0 Å². The maximum absolute atomic E-state index is 14.4. The van der Waals surface area contributed by atoms with Gasteiger partial charge in [-0.1, -0.05) is 32.0 Å². The molecule has 6 rings (SSSR count). The second-order valence-electron chi connectivity index (χ2n) is 12.2. The Hall–Kier alpha value is -5.11. The fraction of sp³-hybridized carbons (Fsp3) is 0.294. The number of nitriles is 1. The number of amides is 3. The molecule has 0 saturated carbocycles. The SMILES string of the molecule is CC(C)C[C@@H](C(=O)N1C[C@]2(C[C@H]1C#N)C(=O)Nc1ccc(-c3ccc(F)cc3)cc12)N(C)C(=O)c1cc2c(F)cc(F)cc2[nH]1. The predicted octanol–water partition coefficient (Wildman–Crippen LogP) is 5.75. The zero-order valence-electron chi connectivity index (χ0n) is 24.8.